The summed E-state index contributed by atoms with van der Waals surface area (Å²) < 4.78 is 0. The fourth-order valence-corrected chi connectivity index (χ4v) is 5.12. The van der Waals surface area contributed by atoms with E-state index >= 15 is 0 Å². The highest BCUT2D eigenvalue weighted by Crippen LogP contribution is 2.40. The molecule has 9 heteroatoms. The molecule has 1 fully saturated rings. The summed E-state index contributed by atoms with van der Waals surface area (Å²) in [7, 11) is 0. The number of carbonyl (C=O) groups is 2. The highest BCUT2D eigenvalue weighted by molar-refractivity contribution is 7.14. The third kappa shape index (κ3) is 4.94. The maximum absolute atomic E-state index is 12.0. The lowest BCUT2D eigenvalue weighted by molar-refractivity contribution is -0.131. The first-order valence-corrected chi connectivity index (χ1v) is 12.6. The van der Waals surface area contributed by atoms with Crippen molar-refractivity contribution in [1.29, 1.82) is 0 Å². The van der Waals surface area contributed by atoms with Gasteiger partial charge in [0, 0.05) is 18.3 Å². The quantitative estimate of drug-likeness (QED) is 0.176. The lowest BCUT2D eigenvalue weighted by Gasteiger charge is -2.36. The number of hydrogen-bond donors (Lipinski definition) is 3. The van der Waals surface area contributed by atoms with Gasteiger partial charge in [0.1, 0.15) is 11.2 Å². The number of nitrogens with zero attached hydrogens (tertiary/aromatic N) is 2. The van der Waals surface area contributed by atoms with Crippen LogP contribution in [0.2, 0.25) is 0 Å². The normalized spacial score (nSPS) is 15.7. The number of rotatable bonds is 9. The van der Waals surface area contributed by atoms with E-state index in [2.05, 4.69) is 20.8 Å². The Morgan fingerprint density at radius 3 is 1.97 bits per heavy atom. The Morgan fingerprint density at radius 1 is 0.973 bits per heavy atom. The molecule has 37 heavy (non-hydrogen) atoms. The second kappa shape index (κ2) is 10.6. The third-order valence-electron chi connectivity index (χ3n) is 6.13. The molecule has 0 unspecified atom stereocenters. The number of thiazole rings is 1. The molecule has 2 heterocycles. The summed E-state index contributed by atoms with van der Waals surface area (Å²) in [4.78, 5) is 33.6. The Hall–Kier alpha value is -4.50. The van der Waals surface area contributed by atoms with Gasteiger partial charge in [0.05, 0.1) is 0 Å². The van der Waals surface area contributed by atoms with Gasteiger partial charge in [-0.2, -0.15) is 0 Å². The highest BCUT2D eigenvalue weighted by atomic mass is 32.1. The molecule has 3 N–H and O–H groups in total. The summed E-state index contributed by atoms with van der Waals surface area (Å²) in [5.41, 5.74) is 1.94. The van der Waals surface area contributed by atoms with Crippen LogP contribution >= 0.6 is 11.3 Å². The topological polar surface area (TPSA) is 113 Å². The zero-order valence-electron chi connectivity index (χ0n) is 19.7. The summed E-state index contributed by atoms with van der Waals surface area (Å²) in [6.07, 6.45) is -0.389. The lowest BCUT2D eigenvalue weighted by atomic mass is 9.77. The van der Waals surface area contributed by atoms with Gasteiger partial charge in [0.15, 0.2) is 5.13 Å². The summed E-state index contributed by atoms with van der Waals surface area (Å²) >= 11 is 1.26. The van der Waals surface area contributed by atoms with Crippen LogP contribution in [0.4, 0.5) is 5.13 Å². The van der Waals surface area contributed by atoms with E-state index in [-0.39, 0.29) is 17.3 Å². The fourth-order valence-electron chi connectivity index (χ4n) is 4.36. The molecule has 8 nitrogen and oxygen atoms in total. The summed E-state index contributed by atoms with van der Waals surface area (Å²) in [6.45, 7) is 0.465. The zero-order valence-corrected chi connectivity index (χ0v) is 20.5. The molecule has 0 radical (unpaired) electrons. The molecule has 4 aromatic rings. The number of amides is 1. The number of nitrogens with one attached hydrogen (secondary N) is 2. The van der Waals surface area contributed by atoms with E-state index in [9.17, 15) is 14.7 Å². The Labute approximate surface area is 217 Å². The van der Waals surface area contributed by atoms with Gasteiger partial charge in [-0.25, -0.2) is 9.78 Å². The second-order valence-corrected chi connectivity index (χ2v) is 9.29. The first-order chi connectivity index (χ1) is 18.1. The van der Waals surface area contributed by atoms with Gasteiger partial charge in [-0.05, 0) is 16.7 Å². The molecule has 1 atom stereocenters. The Kier molecular flexibility index (Phi) is 6.96. The standard InChI is InChI=1S/C28H24N4O4S/c33-25-23(16-17-29-25)36-32-24(26(34)35)22-18-37-27(30-22)31-28(19-10-4-1-5-11-19,20-12-6-2-7-13-20)21-14-8-3-9-15-21/h1-15,18,23H,16-17H2,(H,29,33)(H,30,31)(H,34,35)/t23-/m0/s1. The van der Waals surface area contributed by atoms with Gasteiger partial charge in [-0.15, -0.1) is 11.3 Å². The molecule has 3 aromatic carbocycles. The minimum absolute atomic E-state index is 0.140. The van der Waals surface area contributed by atoms with Gasteiger partial charge in [0.2, 0.25) is 11.8 Å². The van der Waals surface area contributed by atoms with Crippen LogP contribution < -0.4 is 10.6 Å². The molecule has 1 aliphatic rings. The lowest BCUT2D eigenvalue weighted by Crippen LogP contribution is -2.38. The summed E-state index contributed by atoms with van der Waals surface area (Å²) in [5, 5.41) is 21.9. The SMILES string of the molecule is O=C(O)C(=NO[C@H]1CCNC1=O)c1csc(NC(c2ccccc2)(c2ccccc2)c2ccccc2)n1. The molecule has 1 aliphatic heterocycles. The largest absolute Gasteiger partial charge is 0.476 e. The number of carboxylic acid groups (broad SMARTS) is 1. The van der Waals surface area contributed by atoms with E-state index in [1.807, 2.05) is 91.0 Å². The van der Waals surface area contributed by atoms with Crippen molar-refractivity contribution in [3.63, 3.8) is 0 Å². The number of carbonyl (C=O) groups excluding carboxylic acids is 1. The maximum atomic E-state index is 12.0. The van der Waals surface area contributed by atoms with E-state index in [0.29, 0.717) is 18.1 Å². The molecule has 0 saturated carbocycles. The van der Waals surface area contributed by atoms with E-state index in [4.69, 9.17) is 4.84 Å². The van der Waals surface area contributed by atoms with Crippen molar-refractivity contribution in [2.75, 3.05) is 11.9 Å². The Balaban J connectivity index is 1.57. The zero-order chi connectivity index (χ0) is 25.7. The van der Waals surface area contributed by atoms with Crippen LogP contribution in [-0.2, 0) is 20.0 Å². The van der Waals surface area contributed by atoms with Crippen LogP contribution in [0.1, 0.15) is 28.8 Å². The number of oxime groups is 1. The van der Waals surface area contributed by atoms with Crippen LogP contribution in [0.25, 0.3) is 0 Å². The van der Waals surface area contributed by atoms with E-state index in [1.54, 1.807) is 5.38 Å². The molecule has 0 spiro atoms. The minimum Gasteiger partial charge on any atom is -0.476 e. The maximum Gasteiger partial charge on any atom is 0.360 e. The average Bonchev–Trinajstić information content (AvgIpc) is 3.57. The predicted molar refractivity (Wildman–Crippen MR) is 142 cm³/mol. The van der Waals surface area contributed by atoms with Crippen LogP contribution in [0.5, 0.6) is 0 Å². The van der Waals surface area contributed by atoms with Gasteiger partial charge >= 0.3 is 5.97 Å². The van der Waals surface area contributed by atoms with E-state index in [0.717, 1.165) is 16.7 Å². The Morgan fingerprint density at radius 2 is 1.51 bits per heavy atom. The molecular formula is C28H24N4O4S. The van der Waals surface area contributed by atoms with Crippen molar-refractivity contribution in [3.8, 4) is 0 Å². The molecule has 5 rings (SSSR count). The van der Waals surface area contributed by atoms with Crippen LogP contribution in [0.15, 0.2) is 102 Å². The molecule has 0 aliphatic carbocycles. The highest BCUT2D eigenvalue weighted by Gasteiger charge is 2.37. The van der Waals surface area contributed by atoms with Crippen LogP contribution in [0.3, 0.4) is 0 Å². The molecule has 1 saturated heterocycles. The smallest absolute Gasteiger partial charge is 0.360 e. The van der Waals surface area contributed by atoms with Crippen molar-refractivity contribution >= 4 is 34.1 Å². The summed E-state index contributed by atoms with van der Waals surface area (Å²) in [5.74, 6) is -1.61. The van der Waals surface area contributed by atoms with Crippen molar-refractivity contribution in [2.24, 2.45) is 5.16 Å². The van der Waals surface area contributed by atoms with Crippen molar-refractivity contribution < 1.29 is 19.5 Å². The second-order valence-electron chi connectivity index (χ2n) is 8.43. The molecule has 1 amide bonds. The third-order valence-corrected chi connectivity index (χ3v) is 6.89. The number of carboxylic acids is 1. The van der Waals surface area contributed by atoms with Crippen molar-refractivity contribution in [1.82, 2.24) is 10.3 Å². The molecular weight excluding hydrogens is 488 g/mol. The first-order valence-electron chi connectivity index (χ1n) is 11.7. The number of aliphatic carboxylic acids is 1. The molecule has 1 aromatic heterocycles. The summed E-state index contributed by atoms with van der Waals surface area (Å²) in [6, 6.07) is 30.1. The van der Waals surface area contributed by atoms with Crippen LogP contribution in [-0.4, -0.2) is 40.3 Å². The van der Waals surface area contributed by atoms with Gasteiger partial charge < -0.3 is 20.6 Å². The van der Waals surface area contributed by atoms with Gasteiger partial charge in [-0.1, -0.05) is 96.2 Å². The number of hydrogen-bond acceptors (Lipinski definition) is 7. The fraction of sp³-hybridized carbons (Fsp3) is 0.143. The average molecular weight is 513 g/mol. The van der Waals surface area contributed by atoms with E-state index < -0.39 is 17.6 Å². The van der Waals surface area contributed by atoms with Gasteiger partial charge in [0.25, 0.3) is 5.91 Å². The number of aromatic nitrogens is 1. The van der Waals surface area contributed by atoms with E-state index in [1.165, 1.54) is 11.3 Å². The monoisotopic (exact) mass is 512 g/mol. The van der Waals surface area contributed by atoms with Crippen molar-refractivity contribution in [3.05, 3.63) is 119 Å². The first kappa shape index (κ1) is 24.2. The Bertz CT molecular complexity index is 1310. The van der Waals surface area contributed by atoms with Crippen molar-refractivity contribution in [2.45, 2.75) is 18.1 Å². The molecule has 0 bridgehead atoms. The van der Waals surface area contributed by atoms with Crippen LogP contribution in [0, 0.1) is 0 Å². The minimum atomic E-state index is -1.30. The van der Waals surface area contributed by atoms with Gasteiger partial charge in [-0.3, -0.25) is 4.79 Å². The number of benzene rings is 3. The molecule has 186 valence electrons. The number of anilines is 1. The predicted octanol–water partition coefficient (Wildman–Crippen LogP) is 4.24.